The summed E-state index contributed by atoms with van der Waals surface area (Å²) in [6.45, 7) is 4.08. The van der Waals surface area contributed by atoms with Gasteiger partial charge in [-0.15, -0.1) is 0 Å². The minimum absolute atomic E-state index is 0.258. The number of hydrogen-bond acceptors (Lipinski definition) is 4. The summed E-state index contributed by atoms with van der Waals surface area (Å²) >= 11 is 2.14. The zero-order valence-electron chi connectivity index (χ0n) is 15.5. The van der Waals surface area contributed by atoms with E-state index in [-0.39, 0.29) is 18.5 Å². The van der Waals surface area contributed by atoms with Crippen LogP contribution in [-0.4, -0.2) is 33.7 Å². The number of halogens is 1. The Morgan fingerprint density at radius 1 is 1.15 bits per heavy atom. The zero-order valence-corrected chi connectivity index (χ0v) is 18.5. The number of sulfonamides is 1. The Labute approximate surface area is 174 Å². The van der Waals surface area contributed by atoms with E-state index < -0.39 is 10.0 Å². The number of carbonyl (C=O) groups is 1. The van der Waals surface area contributed by atoms with E-state index in [4.69, 9.17) is 4.74 Å². The molecule has 0 heterocycles. The SMILES string of the molecule is CCOc1ccc([C@@H](C)NC(=O)CN(c2ccc(I)cc2)S(C)(=O)=O)cc1. The van der Waals surface area contributed by atoms with Gasteiger partial charge in [-0.1, -0.05) is 12.1 Å². The number of amides is 1. The molecule has 0 saturated carbocycles. The van der Waals surface area contributed by atoms with E-state index in [9.17, 15) is 13.2 Å². The summed E-state index contributed by atoms with van der Waals surface area (Å²) < 4.78 is 31.8. The van der Waals surface area contributed by atoms with Gasteiger partial charge in [-0.05, 0) is 78.4 Å². The van der Waals surface area contributed by atoms with Crippen molar-refractivity contribution in [2.24, 2.45) is 0 Å². The fraction of sp³-hybridized carbons (Fsp3) is 0.316. The highest BCUT2D eigenvalue weighted by molar-refractivity contribution is 14.1. The van der Waals surface area contributed by atoms with Crippen molar-refractivity contribution in [1.82, 2.24) is 5.32 Å². The van der Waals surface area contributed by atoms with Crippen molar-refractivity contribution in [2.45, 2.75) is 19.9 Å². The first kappa shape index (κ1) is 21.5. The molecule has 1 N–H and O–H groups in total. The van der Waals surface area contributed by atoms with E-state index in [1.165, 1.54) is 0 Å². The second kappa shape index (κ2) is 9.41. The van der Waals surface area contributed by atoms with Crippen LogP contribution in [0.5, 0.6) is 5.75 Å². The van der Waals surface area contributed by atoms with Crippen LogP contribution in [0.2, 0.25) is 0 Å². The lowest BCUT2D eigenvalue weighted by molar-refractivity contribution is -0.120. The molecule has 0 aliphatic heterocycles. The Kier molecular flexibility index (Phi) is 7.49. The number of rotatable bonds is 8. The van der Waals surface area contributed by atoms with Crippen molar-refractivity contribution >= 4 is 44.2 Å². The van der Waals surface area contributed by atoms with Crippen LogP contribution in [0.25, 0.3) is 0 Å². The number of carbonyl (C=O) groups excluding carboxylic acids is 1. The van der Waals surface area contributed by atoms with Gasteiger partial charge in [0.1, 0.15) is 12.3 Å². The van der Waals surface area contributed by atoms with Crippen LogP contribution in [0.1, 0.15) is 25.5 Å². The topological polar surface area (TPSA) is 75.7 Å². The van der Waals surface area contributed by atoms with E-state index in [1.54, 1.807) is 24.3 Å². The molecular formula is C19H23IN2O4S. The molecule has 1 amide bonds. The Morgan fingerprint density at radius 2 is 1.74 bits per heavy atom. The maximum absolute atomic E-state index is 12.5. The molecule has 2 rings (SSSR count). The second-order valence-corrected chi connectivity index (χ2v) is 9.19. The summed E-state index contributed by atoms with van der Waals surface area (Å²) in [5.41, 5.74) is 1.37. The van der Waals surface area contributed by atoms with Gasteiger partial charge in [0, 0.05) is 3.57 Å². The van der Waals surface area contributed by atoms with Gasteiger partial charge in [-0.2, -0.15) is 0 Å². The molecule has 6 nitrogen and oxygen atoms in total. The van der Waals surface area contributed by atoms with Crippen LogP contribution in [0.3, 0.4) is 0 Å². The normalized spacial score (nSPS) is 12.3. The van der Waals surface area contributed by atoms with Crippen LogP contribution in [0.15, 0.2) is 48.5 Å². The van der Waals surface area contributed by atoms with Crippen LogP contribution in [0, 0.1) is 3.57 Å². The molecule has 0 aromatic heterocycles. The minimum Gasteiger partial charge on any atom is -0.494 e. The van der Waals surface area contributed by atoms with Gasteiger partial charge in [-0.25, -0.2) is 8.42 Å². The molecule has 27 heavy (non-hydrogen) atoms. The molecule has 0 bridgehead atoms. The van der Waals surface area contributed by atoms with Gasteiger partial charge in [0.15, 0.2) is 0 Å². The van der Waals surface area contributed by atoms with Gasteiger partial charge in [0.25, 0.3) is 0 Å². The first-order valence-electron chi connectivity index (χ1n) is 8.46. The van der Waals surface area contributed by atoms with E-state index in [1.807, 2.05) is 38.1 Å². The van der Waals surface area contributed by atoms with Crippen molar-refractivity contribution in [3.8, 4) is 5.75 Å². The second-order valence-electron chi connectivity index (χ2n) is 6.04. The first-order chi connectivity index (χ1) is 12.7. The molecule has 8 heteroatoms. The molecule has 0 radical (unpaired) electrons. The molecular weight excluding hydrogens is 479 g/mol. The molecule has 0 fully saturated rings. The summed E-state index contributed by atoms with van der Waals surface area (Å²) in [5, 5.41) is 2.84. The predicted molar refractivity (Wildman–Crippen MR) is 116 cm³/mol. The number of nitrogens with zero attached hydrogens (tertiary/aromatic N) is 1. The van der Waals surface area contributed by atoms with Gasteiger partial charge in [-0.3, -0.25) is 9.10 Å². The molecule has 2 aromatic rings. The van der Waals surface area contributed by atoms with E-state index in [0.29, 0.717) is 12.3 Å². The molecule has 0 spiro atoms. The lowest BCUT2D eigenvalue weighted by Gasteiger charge is -2.23. The Balaban J connectivity index is 2.07. The third-order valence-corrected chi connectivity index (χ3v) is 5.73. The van der Waals surface area contributed by atoms with Gasteiger partial charge in [0.05, 0.1) is 24.6 Å². The van der Waals surface area contributed by atoms with Gasteiger partial charge >= 0.3 is 0 Å². The molecule has 0 aliphatic carbocycles. The number of benzene rings is 2. The highest BCUT2D eigenvalue weighted by Crippen LogP contribution is 2.20. The highest BCUT2D eigenvalue weighted by Gasteiger charge is 2.21. The lowest BCUT2D eigenvalue weighted by Crippen LogP contribution is -2.41. The third-order valence-electron chi connectivity index (χ3n) is 3.87. The average molecular weight is 502 g/mol. The van der Waals surface area contributed by atoms with Crippen LogP contribution in [-0.2, 0) is 14.8 Å². The standard InChI is InChI=1S/C19H23IN2O4S/c1-4-26-18-11-5-15(6-12-18)14(2)21-19(23)13-22(27(3,24)25)17-9-7-16(20)8-10-17/h5-12,14H,4,13H2,1-3H3,(H,21,23)/t14-/m1/s1. The Bertz CT molecular complexity index is 868. The quantitative estimate of drug-likeness (QED) is 0.562. The number of ether oxygens (including phenoxy) is 1. The van der Waals surface area contributed by atoms with Crippen LogP contribution >= 0.6 is 22.6 Å². The summed E-state index contributed by atoms with van der Waals surface area (Å²) in [7, 11) is -3.58. The fourth-order valence-electron chi connectivity index (χ4n) is 2.53. The summed E-state index contributed by atoms with van der Waals surface area (Å²) in [6.07, 6.45) is 1.09. The van der Waals surface area contributed by atoms with Gasteiger partial charge < -0.3 is 10.1 Å². The Hall–Kier alpha value is -1.81. The molecule has 0 aliphatic rings. The maximum Gasteiger partial charge on any atom is 0.241 e. The van der Waals surface area contributed by atoms with E-state index >= 15 is 0 Å². The predicted octanol–water partition coefficient (Wildman–Crippen LogP) is 3.33. The molecule has 2 aromatic carbocycles. The van der Waals surface area contributed by atoms with Crippen molar-refractivity contribution in [1.29, 1.82) is 0 Å². The summed E-state index contributed by atoms with van der Waals surface area (Å²) in [5.74, 6) is 0.391. The van der Waals surface area contributed by atoms with Gasteiger partial charge in [0.2, 0.25) is 15.9 Å². The van der Waals surface area contributed by atoms with Crippen LogP contribution < -0.4 is 14.4 Å². The summed E-state index contributed by atoms with van der Waals surface area (Å²) in [6, 6.07) is 14.2. The number of nitrogens with one attached hydrogen (secondary N) is 1. The number of hydrogen-bond donors (Lipinski definition) is 1. The lowest BCUT2D eigenvalue weighted by atomic mass is 10.1. The van der Waals surface area contributed by atoms with Crippen molar-refractivity contribution in [3.63, 3.8) is 0 Å². The Morgan fingerprint density at radius 3 is 2.26 bits per heavy atom. The molecule has 1 atom stereocenters. The highest BCUT2D eigenvalue weighted by atomic mass is 127. The number of anilines is 1. The maximum atomic E-state index is 12.5. The van der Waals surface area contributed by atoms with Crippen molar-refractivity contribution < 1.29 is 17.9 Å². The van der Waals surface area contributed by atoms with E-state index in [2.05, 4.69) is 27.9 Å². The minimum atomic E-state index is -3.58. The molecule has 0 saturated heterocycles. The molecule has 0 unspecified atom stereocenters. The zero-order chi connectivity index (χ0) is 20.0. The smallest absolute Gasteiger partial charge is 0.241 e. The monoisotopic (exact) mass is 502 g/mol. The largest absolute Gasteiger partial charge is 0.494 e. The average Bonchev–Trinajstić information content (AvgIpc) is 2.60. The van der Waals surface area contributed by atoms with Crippen molar-refractivity contribution in [2.75, 3.05) is 23.7 Å². The van der Waals surface area contributed by atoms with E-state index in [0.717, 1.165) is 25.4 Å². The summed E-state index contributed by atoms with van der Waals surface area (Å²) in [4.78, 5) is 12.5. The van der Waals surface area contributed by atoms with Crippen LogP contribution in [0.4, 0.5) is 5.69 Å². The first-order valence-corrected chi connectivity index (χ1v) is 11.4. The molecule has 146 valence electrons. The fourth-order valence-corrected chi connectivity index (χ4v) is 3.74. The third kappa shape index (κ3) is 6.39. The van der Waals surface area contributed by atoms with Crippen molar-refractivity contribution in [3.05, 3.63) is 57.7 Å².